The van der Waals surface area contributed by atoms with Crippen molar-refractivity contribution in [3.63, 3.8) is 0 Å². The van der Waals surface area contributed by atoms with Gasteiger partial charge in [0.05, 0.1) is 42.6 Å². The van der Waals surface area contributed by atoms with Gasteiger partial charge < -0.3 is 44.9 Å². The Morgan fingerprint density at radius 3 is 2.49 bits per heavy atom. The van der Waals surface area contributed by atoms with Crippen LogP contribution in [-0.2, 0) is 43.3 Å². The number of ether oxygens (including phenoxy) is 1. The van der Waals surface area contributed by atoms with Crippen molar-refractivity contribution in [2.75, 3.05) is 46.9 Å². The number of esters is 1. The second kappa shape index (κ2) is 20.1. The number of cyclic esters (lactones) is 1. The molecule has 370 valence electrons. The predicted octanol–water partition coefficient (Wildman–Crippen LogP) is 4.77. The van der Waals surface area contributed by atoms with Crippen LogP contribution in [0.1, 0.15) is 90.2 Å². The molecular weight excluding hydrogens is 879 g/mol. The minimum atomic E-state index is -1.14. The van der Waals surface area contributed by atoms with Crippen molar-refractivity contribution in [2.45, 2.75) is 123 Å². The first-order valence-electron chi connectivity index (χ1n) is 24.5. The minimum absolute atomic E-state index is 0.00436. The number of benzene rings is 2. The number of nitrogens with zero attached hydrogens (tertiary/aromatic N) is 6. The summed E-state index contributed by atoms with van der Waals surface area (Å²) in [6.45, 7) is 14.1. The molecule has 6 atom stereocenters. The highest BCUT2D eigenvalue weighted by atomic mass is 16.5. The van der Waals surface area contributed by atoms with Crippen molar-refractivity contribution in [2.24, 2.45) is 11.3 Å². The highest BCUT2D eigenvalue weighted by molar-refractivity contribution is 5.96. The molecule has 4 aliphatic rings. The van der Waals surface area contributed by atoms with Crippen molar-refractivity contribution < 1.29 is 38.9 Å². The Hall–Kier alpha value is -6.04. The van der Waals surface area contributed by atoms with E-state index in [1.807, 2.05) is 38.1 Å². The van der Waals surface area contributed by atoms with E-state index in [4.69, 9.17) is 4.74 Å². The molecule has 17 heteroatoms. The Morgan fingerprint density at radius 2 is 1.78 bits per heavy atom. The summed E-state index contributed by atoms with van der Waals surface area (Å²) in [5, 5.41) is 30.8. The third-order valence-corrected chi connectivity index (χ3v) is 14.2. The van der Waals surface area contributed by atoms with Crippen LogP contribution in [-0.4, -0.2) is 146 Å². The molecule has 0 saturated carbocycles. The first-order chi connectivity index (χ1) is 32.8. The number of hydrogen-bond donors (Lipinski definition) is 5. The fourth-order valence-electron chi connectivity index (χ4n) is 10.6. The highest BCUT2D eigenvalue weighted by Crippen LogP contribution is 2.42. The number of likely N-dealkylation sites (N-methyl/N-ethyl adjacent to an activating group) is 2. The largest absolute Gasteiger partial charge is 0.508 e. The van der Waals surface area contributed by atoms with Crippen LogP contribution in [0.3, 0.4) is 0 Å². The molecule has 2 aromatic carbocycles. The van der Waals surface area contributed by atoms with Crippen LogP contribution in [0.4, 0.5) is 4.79 Å². The van der Waals surface area contributed by atoms with E-state index < -0.39 is 47.4 Å². The number of phenols is 1. The number of aromatic nitrogens is 2. The van der Waals surface area contributed by atoms with E-state index in [1.54, 1.807) is 49.1 Å². The molecule has 69 heavy (non-hydrogen) atoms. The summed E-state index contributed by atoms with van der Waals surface area (Å²) in [5.74, 6) is -1.69. The van der Waals surface area contributed by atoms with Crippen LogP contribution in [0.2, 0.25) is 0 Å². The van der Waals surface area contributed by atoms with Crippen molar-refractivity contribution in [3.05, 3.63) is 71.5 Å². The van der Waals surface area contributed by atoms with Crippen molar-refractivity contribution in [1.82, 2.24) is 45.3 Å². The molecule has 5 amide bonds. The molecule has 5 N–H and O–H groups in total. The molecule has 3 fully saturated rings. The van der Waals surface area contributed by atoms with Gasteiger partial charge in [0, 0.05) is 87.4 Å². The van der Waals surface area contributed by atoms with E-state index in [-0.39, 0.29) is 55.1 Å². The van der Waals surface area contributed by atoms with Crippen LogP contribution in [0.25, 0.3) is 33.3 Å². The fourth-order valence-corrected chi connectivity index (χ4v) is 10.6. The van der Waals surface area contributed by atoms with Gasteiger partial charge in [0.15, 0.2) is 0 Å². The lowest BCUT2D eigenvalue weighted by Gasteiger charge is -2.37. The number of aromatic hydroxyl groups is 1. The monoisotopic (exact) mass is 948 g/mol. The molecule has 3 saturated heterocycles. The maximum absolute atomic E-state index is 14.8. The summed E-state index contributed by atoms with van der Waals surface area (Å²) in [6.07, 6.45) is 3.22. The predicted molar refractivity (Wildman–Crippen MR) is 261 cm³/mol. The number of carbonyl (C=O) groups excluding carboxylic acids is 5. The molecule has 8 rings (SSSR count). The average molecular weight is 948 g/mol. The highest BCUT2D eigenvalue weighted by Gasteiger charge is 2.41. The summed E-state index contributed by atoms with van der Waals surface area (Å²) in [7, 11) is 3.36. The molecule has 0 aliphatic carbocycles. The van der Waals surface area contributed by atoms with Gasteiger partial charge in [-0.05, 0) is 104 Å². The number of rotatable bonds is 9. The van der Waals surface area contributed by atoms with Crippen molar-refractivity contribution in [1.29, 1.82) is 0 Å². The number of carbonyl (C=O) groups is 5. The zero-order valence-corrected chi connectivity index (χ0v) is 41.3. The van der Waals surface area contributed by atoms with Gasteiger partial charge in [-0.3, -0.25) is 29.2 Å². The van der Waals surface area contributed by atoms with E-state index in [1.165, 1.54) is 9.91 Å². The minimum Gasteiger partial charge on any atom is -0.508 e. The molecule has 4 aromatic rings. The fraction of sp³-hybridized carbons (Fsp3) is 0.538. The van der Waals surface area contributed by atoms with Crippen LogP contribution in [0.5, 0.6) is 5.75 Å². The number of pyridine rings is 1. The number of aliphatic hydroxyl groups is 1. The molecular formula is C52H69N9O8. The number of likely N-dealkylation sites (tertiary alicyclic amines) is 1. The quantitative estimate of drug-likeness (QED) is 0.114. The van der Waals surface area contributed by atoms with E-state index in [2.05, 4.69) is 58.5 Å². The van der Waals surface area contributed by atoms with Gasteiger partial charge in [0.1, 0.15) is 17.8 Å². The summed E-state index contributed by atoms with van der Waals surface area (Å²) in [6, 6.07) is 12.0. The van der Waals surface area contributed by atoms with Crippen LogP contribution >= 0.6 is 0 Å². The van der Waals surface area contributed by atoms with Gasteiger partial charge in [-0.25, -0.2) is 10.2 Å². The normalized spacial score (nSPS) is 22.6. The SMILES string of the molecule is CCn1c(-c2cccnc2[C@H](C)O)c2c3cc(ccc31)-c1cc(O)cc(c1)C[C@H](NC(=O)[C@H](C(C)C)N(C)C(=O)N1CC[C@H](N(C)C(=O)[C@H]3CN3)C1)C(=O)N1CCC[C@@H](CC(=O)OCC(C)(C)C2)N1. The number of amides is 5. The Bertz CT molecular complexity index is 2610. The van der Waals surface area contributed by atoms with Crippen molar-refractivity contribution >= 4 is 40.6 Å². The molecule has 2 aromatic heterocycles. The number of phenolic OH excluding ortho intramolecular Hbond substituents is 1. The van der Waals surface area contributed by atoms with Crippen molar-refractivity contribution in [3.8, 4) is 28.1 Å². The Labute approximate surface area is 404 Å². The number of urea groups is 1. The Morgan fingerprint density at radius 1 is 1.01 bits per heavy atom. The Balaban J connectivity index is 1.16. The standard InChI is InChI=1S/C52H69N9O8/c1-9-60-43-15-14-33-24-39(43)40(47(60)38-13-10-17-53-45(38)31(4)62)26-52(5,6)29-69-44(64)25-35-12-11-18-61(56-35)50(67)41(22-32-20-34(33)23-37(63)21-32)55-48(65)46(30(2)3)58(8)51(68)59-19-16-36(28-59)57(7)49(66)42-27-54-42/h10,13-15,17,20-21,23-24,30-31,35-36,41-42,46,54,56,62-63H,9,11-12,16,18-19,22,25-29H2,1-8H3,(H,55,65)/t31-,35-,36-,41-,42+,46-/m0/s1. The topological polar surface area (TPSA) is 212 Å². The lowest BCUT2D eigenvalue weighted by Crippen LogP contribution is -2.61. The van der Waals surface area contributed by atoms with Gasteiger partial charge in [0.2, 0.25) is 11.8 Å². The number of aliphatic hydroxyl groups excluding tert-OH is 1. The maximum Gasteiger partial charge on any atom is 0.320 e. The molecule has 6 heterocycles. The van der Waals surface area contributed by atoms with E-state index >= 15 is 0 Å². The molecule has 4 aliphatic heterocycles. The molecule has 0 unspecified atom stereocenters. The summed E-state index contributed by atoms with van der Waals surface area (Å²) in [5.41, 5.74) is 9.07. The summed E-state index contributed by atoms with van der Waals surface area (Å²) < 4.78 is 8.26. The van der Waals surface area contributed by atoms with Gasteiger partial charge in [-0.2, -0.15) is 0 Å². The number of hydrogen-bond acceptors (Lipinski definition) is 11. The maximum atomic E-state index is 14.8. The molecule has 0 radical (unpaired) electrons. The lowest BCUT2D eigenvalue weighted by molar-refractivity contribution is -0.150. The first-order valence-corrected chi connectivity index (χ1v) is 24.5. The van der Waals surface area contributed by atoms with Crippen LogP contribution < -0.4 is 16.1 Å². The number of fused-ring (bicyclic) bond motifs is 6. The van der Waals surface area contributed by atoms with Gasteiger partial charge in [-0.1, -0.05) is 39.8 Å². The summed E-state index contributed by atoms with van der Waals surface area (Å²) >= 11 is 0. The number of aryl methyl sites for hydroxylation is 1. The lowest BCUT2D eigenvalue weighted by atomic mass is 9.84. The van der Waals surface area contributed by atoms with E-state index in [0.29, 0.717) is 75.2 Å². The van der Waals surface area contributed by atoms with E-state index in [9.17, 15) is 34.2 Å². The Kier molecular flexibility index (Phi) is 14.4. The van der Waals surface area contributed by atoms with Crippen LogP contribution in [0, 0.1) is 11.3 Å². The van der Waals surface area contributed by atoms with Crippen LogP contribution in [0.15, 0.2) is 54.7 Å². The second-order valence-corrected chi connectivity index (χ2v) is 20.6. The first kappa shape index (κ1) is 49.4. The average Bonchev–Trinajstić information content (AvgIpc) is 3.97. The van der Waals surface area contributed by atoms with Gasteiger partial charge in [0.25, 0.3) is 5.91 Å². The third kappa shape index (κ3) is 10.6. The number of hydrazine groups is 1. The van der Waals surface area contributed by atoms with E-state index in [0.717, 1.165) is 33.3 Å². The smallest absolute Gasteiger partial charge is 0.320 e. The zero-order chi connectivity index (χ0) is 49.5. The zero-order valence-electron chi connectivity index (χ0n) is 41.3. The summed E-state index contributed by atoms with van der Waals surface area (Å²) in [4.78, 5) is 79.4. The molecule has 6 bridgehead atoms. The van der Waals surface area contributed by atoms with Gasteiger partial charge >= 0.3 is 12.0 Å². The van der Waals surface area contributed by atoms with Gasteiger partial charge in [-0.15, -0.1) is 0 Å². The third-order valence-electron chi connectivity index (χ3n) is 14.2. The second-order valence-electron chi connectivity index (χ2n) is 20.6. The molecule has 17 nitrogen and oxygen atoms in total. The number of nitrogens with one attached hydrogen (secondary N) is 3. The molecule has 0 spiro atoms.